The van der Waals surface area contributed by atoms with Gasteiger partial charge < -0.3 is 19.6 Å². The van der Waals surface area contributed by atoms with Crippen molar-refractivity contribution in [1.82, 2.24) is 23.9 Å². The number of hydrogen-bond donors (Lipinski definition) is 2. The second-order valence-electron chi connectivity index (χ2n) is 7.74. The highest BCUT2D eigenvalue weighted by Crippen LogP contribution is 2.34. The zero-order valence-corrected chi connectivity index (χ0v) is 17.8. The van der Waals surface area contributed by atoms with Crippen LogP contribution < -0.4 is 16.2 Å². The topological polar surface area (TPSA) is 95.8 Å². The van der Waals surface area contributed by atoms with Gasteiger partial charge in [0.2, 0.25) is 0 Å². The highest BCUT2D eigenvalue weighted by molar-refractivity contribution is 5.96. The fourth-order valence-corrected chi connectivity index (χ4v) is 4.25. The van der Waals surface area contributed by atoms with Crippen LogP contribution >= 0.6 is 0 Å². The van der Waals surface area contributed by atoms with Crippen LogP contribution in [0.1, 0.15) is 6.42 Å². The number of aromatic nitrogens is 5. The third-order valence-electron chi connectivity index (χ3n) is 5.78. The fraction of sp³-hybridized carbons (Fsp3) is 0.217. The molecule has 3 heterocycles. The monoisotopic (exact) mass is 434 g/mol. The van der Waals surface area contributed by atoms with E-state index < -0.39 is 5.69 Å². The first-order chi connectivity index (χ1) is 15.5. The summed E-state index contributed by atoms with van der Waals surface area (Å²) in [5.74, 6) is 0.772. The zero-order chi connectivity index (χ0) is 22.4. The van der Waals surface area contributed by atoms with Crippen LogP contribution in [0.2, 0.25) is 0 Å². The van der Waals surface area contributed by atoms with Gasteiger partial charge in [-0.05, 0) is 49.4 Å². The summed E-state index contributed by atoms with van der Waals surface area (Å²) in [5.41, 5.74) is 8.41. The molecular formula is C23H23FN6O2. The first-order valence-corrected chi connectivity index (χ1v) is 10.3. The molecule has 0 fully saturated rings. The van der Waals surface area contributed by atoms with Gasteiger partial charge in [0.05, 0.1) is 18.3 Å². The second kappa shape index (κ2) is 7.69. The van der Waals surface area contributed by atoms with Crippen molar-refractivity contribution in [2.75, 3.05) is 13.7 Å². The molecule has 0 saturated carbocycles. The highest BCUT2D eigenvalue weighted by atomic mass is 19.1. The number of benzene rings is 2. The van der Waals surface area contributed by atoms with E-state index in [2.05, 4.69) is 10.2 Å². The Bertz CT molecular complexity index is 1510. The van der Waals surface area contributed by atoms with Crippen molar-refractivity contribution in [3.05, 3.63) is 65.1 Å². The van der Waals surface area contributed by atoms with Crippen LogP contribution in [0, 0.1) is 5.82 Å². The molecule has 3 aromatic heterocycles. The summed E-state index contributed by atoms with van der Waals surface area (Å²) < 4.78 is 25.0. The van der Waals surface area contributed by atoms with Gasteiger partial charge in [-0.15, -0.1) is 0 Å². The van der Waals surface area contributed by atoms with Crippen LogP contribution in [0.5, 0.6) is 5.75 Å². The number of aryl methyl sites for hydroxylation is 2. The molecule has 0 amide bonds. The molecule has 3 N–H and O–H groups in total. The Labute approximate surface area is 182 Å². The maximum absolute atomic E-state index is 14.2. The smallest absolute Gasteiger partial charge is 0.348 e. The van der Waals surface area contributed by atoms with Gasteiger partial charge in [0.15, 0.2) is 5.82 Å². The quantitative estimate of drug-likeness (QED) is 0.429. The molecule has 2 aromatic carbocycles. The molecule has 0 aliphatic carbocycles. The Kier molecular flexibility index (Phi) is 4.82. The van der Waals surface area contributed by atoms with Gasteiger partial charge >= 0.3 is 5.69 Å². The summed E-state index contributed by atoms with van der Waals surface area (Å²) >= 11 is 0. The minimum absolute atomic E-state index is 0.372. The number of aromatic amines is 1. The number of nitrogens with zero attached hydrogens (tertiary/aromatic N) is 4. The van der Waals surface area contributed by atoms with E-state index >= 15 is 0 Å². The Hall–Kier alpha value is -3.85. The first-order valence-electron chi connectivity index (χ1n) is 10.3. The number of nitrogens with one attached hydrogen (secondary N) is 1. The molecule has 0 saturated heterocycles. The van der Waals surface area contributed by atoms with Gasteiger partial charge in [0.1, 0.15) is 11.6 Å². The lowest BCUT2D eigenvalue weighted by molar-refractivity contribution is 0.415. The number of rotatable bonds is 6. The van der Waals surface area contributed by atoms with E-state index in [9.17, 15) is 9.18 Å². The van der Waals surface area contributed by atoms with Gasteiger partial charge in [0, 0.05) is 47.8 Å². The molecule has 0 aliphatic rings. The molecule has 0 bridgehead atoms. The van der Waals surface area contributed by atoms with Crippen molar-refractivity contribution < 1.29 is 9.13 Å². The summed E-state index contributed by atoms with van der Waals surface area (Å²) in [4.78, 5) is 12.9. The first kappa shape index (κ1) is 20.1. The van der Waals surface area contributed by atoms with Crippen molar-refractivity contribution in [2.45, 2.75) is 13.0 Å². The highest BCUT2D eigenvalue weighted by Gasteiger charge is 2.21. The number of hydrogen-bond acceptors (Lipinski definition) is 4. The van der Waals surface area contributed by atoms with E-state index in [0.29, 0.717) is 35.7 Å². The Morgan fingerprint density at radius 2 is 1.94 bits per heavy atom. The van der Waals surface area contributed by atoms with Crippen LogP contribution in [-0.2, 0) is 13.6 Å². The van der Waals surface area contributed by atoms with Crippen LogP contribution in [0.25, 0.3) is 38.9 Å². The van der Waals surface area contributed by atoms with Gasteiger partial charge in [-0.25, -0.2) is 18.9 Å². The van der Waals surface area contributed by atoms with Crippen molar-refractivity contribution in [2.24, 2.45) is 12.8 Å². The van der Waals surface area contributed by atoms with Crippen LogP contribution in [0.15, 0.2) is 53.6 Å². The standard InChI is InChI=1S/C23H23FN6O2/c1-28-12-18(16-11-15(32-2)5-7-19(16)28)22-26-27-23(31)30(22)21-13-29(9-3-8-25)20-6-4-14(24)10-17(20)21/h4-7,10-13H,3,8-9,25H2,1-2H3,(H,27,31). The number of fused-ring (bicyclic) bond motifs is 2. The summed E-state index contributed by atoms with van der Waals surface area (Å²) in [5, 5.41) is 8.42. The number of ether oxygens (including phenoxy) is 1. The normalized spacial score (nSPS) is 11.6. The van der Waals surface area contributed by atoms with E-state index in [0.717, 1.165) is 28.4 Å². The number of H-pyrrole nitrogens is 1. The largest absolute Gasteiger partial charge is 0.497 e. The molecule has 9 heteroatoms. The number of methoxy groups -OCH3 is 1. The van der Waals surface area contributed by atoms with Crippen molar-refractivity contribution in [3.8, 4) is 22.8 Å². The van der Waals surface area contributed by atoms with Crippen molar-refractivity contribution >= 4 is 21.8 Å². The average molecular weight is 434 g/mol. The SMILES string of the molecule is COc1ccc2c(c1)c(-c1n[nH]c(=O)n1-c1cn(CCCN)c3ccc(F)cc13)cn2C. The van der Waals surface area contributed by atoms with Crippen molar-refractivity contribution in [1.29, 1.82) is 0 Å². The maximum atomic E-state index is 14.2. The van der Waals surface area contributed by atoms with Gasteiger partial charge in [-0.3, -0.25) is 0 Å². The average Bonchev–Trinajstić information content (AvgIpc) is 3.44. The third-order valence-corrected chi connectivity index (χ3v) is 5.78. The Morgan fingerprint density at radius 1 is 1.12 bits per heavy atom. The summed E-state index contributed by atoms with van der Waals surface area (Å²) in [7, 11) is 3.54. The molecular weight excluding hydrogens is 411 g/mol. The summed E-state index contributed by atoms with van der Waals surface area (Å²) in [6, 6.07) is 10.3. The Balaban J connectivity index is 1.78. The molecule has 0 aliphatic heterocycles. The second-order valence-corrected chi connectivity index (χ2v) is 7.74. The van der Waals surface area contributed by atoms with Crippen LogP contribution in [-0.4, -0.2) is 37.6 Å². The van der Waals surface area contributed by atoms with Gasteiger partial charge in [0.25, 0.3) is 0 Å². The van der Waals surface area contributed by atoms with Crippen LogP contribution in [0.3, 0.4) is 0 Å². The molecule has 5 aromatic rings. The van der Waals surface area contributed by atoms with E-state index in [4.69, 9.17) is 10.5 Å². The fourth-order valence-electron chi connectivity index (χ4n) is 4.25. The molecule has 0 radical (unpaired) electrons. The predicted molar refractivity (Wildman–Crippen MR) is 122 cm³/mol. The molecule has 0 spiro atoms. The molecule has 8 nitrogen and oxygen atoms in total. The van der Waals surface area contributed by atoms with Crippen LogP contribution in [0.4, 0.5) is 4.39 Å². The van der Waals surface area contributed by atoms with Gasteiger partial charge in [-0.1, -0.05) is 0 Å². The lowest BCUT2D eigenvalue weighted by Crippen LogP contribution is -2.15. The lowest BCUT2D eigenvalue weighted by Gasteiger charge is -2.05. The van der Waals surface area contributed by atoms with Gasteiger partial charge in [-0.2, -0.15) is 5.10 Å². The number of nitrogens with two attached hydrogens (primary N) is 1. The van der Waals surface area contributed by atoms with E-state index in [1.165, 1.54) is 16.7 Å². The Morgan fingerprint density at radius 3 is 2.72 bits per heavy atom. The summed E-state index contributed by atoms with van der Waals surface area (Å²) in [6.07, 6.45) is 4.53. The lowest BCUT2D eigenvalue weighted by atomic mass is 10.1. The third kappa shape index (κ3) is 3.09. The minimum Gasteiger partial charge on any atom is -0.497 e. The zero-order valence-electron chi connectivity index (χ0n) is 17.8. The van der Waals surface area contributed by atoms with Crippen molar-refractivity contribution in [3.63, 3.8) is 0 Å². The molecule has 0 unspecified atom stereocenters. The maximum Gasteiger partial charge on any atom is 0.348 e. The predicted octanol–water partition coefficient (Wildman–Crippen LogP) is 3.17. The van der Waals surface area contributed by atoms with E-state index in [1.807, 2.05) is 46.8 Å². The van der Waals surface area contributed by atoms with E-state index in [-0.39, 0.29) is 5.82 Å². The van der Waals surface area contributed by atoms with E-state index in [1.54, 1.807) is 13.2 Å². The molecule has 164 valence electrons. The summed E-state index contributed by atoms with van der Waals surface area (Å²) in [6.45, 7) is 1.19. The number of halogens is 1. The molecule has 5 rings (SSSR count). The molecule has 0 atom stereocenters. The molecule has 32 heavy (non-hydrogen) atoms. The minimum atomic E-state index is -0.401.